The summed E-state index contributed by atoms with van der Waals surface area (Å²) in [6.45, 7) is 3.64. The largest absolute Gasteiger partial charge is 0.416 e. The van der Waals surface area contributed by atoms with Crippen molar-refractivity contribution in [1.29, 1.82) is 0 Å². The molecule has 2 aromatic rings. The van der Waals surface area contributed by atoms with Crippen LogP contribution in [-0.4, -0.2) is 10.1 Å². The Morgan fingerprint density at radius 3 is 2.48 bits per heavy atom. The summed E-state index contributed by atoms with van der Waals surface area (Å²) < 4.78 is 51.7. The first-order valence-electron chi connectivity index (χ1n) is 6.16. The first-order chi connectivity index (χ1) is 9.68. The molecule has 0 aliphatic rings. The Bertz CT molecular complexity index is 631. The Morgan fingerprint density at radius 2 is 1.95 bits per heavy atom. The van der Waals surface area contributed by atoms with Crippen molar-refractivity contribution in [3.05, 3.63) is 50.7 Å². The molecule has 0 fully saturated rings. The molecule has 1 aromatic carbocycles. The molecule has 1 heterocycles. The third-order valence-corrected chi connectivity index (χ3v) is 4.22. The van der Waals surface area contributed by atoms with E-state index in [1.54, 1.807) is 6.92 Å². The quantitative estimate of drug-likeness (QED) is 0.860. The highest BCUT2D eigenvalue weighted by atomic mass is 32.1. The van der Waals surface area contributed by atoms with E-state index in [1.165, 1.54) is 11.3 Å². The highest BCUT2D eigenvalue weighted by Crippen LogP contribution is 2.36. The Hall–Kier alpha value is -1.47. The Kier molecular flexibility index (Phi) is 4.34. The van der Waals surface area contributed by atoms with Crippen LogP contribution in [0.15, 0.2) is 18.2 Å². The van der Waals surface area contributed by atoms with E-state index < -0.39 is 23.7 Å². The number of aliphatic hydroxyl groups is 1. The number of thiazole rings is 1. The highest BCUT2D eigenvalue weighted by Gasteiger charge is 2.35. The van der Waals surface area contributed by atoms with Gasteiger partial charge in [-0.25, -0.2) is 9.37 Å². The van der Waals surface area contributed by atoms with E-state index in [9.17, 15) is 22.7 Å². The van der Waals surface area contributed by atoms with Gasteiger partial charge < -0.3 is 5.11 Å². The average molecular weight is 319 g/mol. The second-order valence-corrected chi connectivity index (χ2v) is 5.99. The van der Waals surface area contributed by atoms with Gasteiger partial charge >= 0.3 is 6.18 Å². The van der Waals surface area contributed by atoms with Gasteiger partial charge in [0.05, 0.1) is 22.4 Å². The van der Waals surface area contributed by atoms with Crippen LogP contribution in [0, 0.1) is 19.7 Å². The van der Waals surface area contributed by atoms with Crippen LogP contribution in [0.5, 0.6) is 0 Å². The van der Waals surface area contributed by atoms with E-state index in [-0.39, 0.29) is 12.0 Å². The molecule has 1 aromatic heterocycles. The monoisotopic (exact) mass is 319 g/mol. The van der Waals surface area contributed by atoms with Gasteiger partial charge in [0.15, 0.2) is 0 Å². The summed E-state index contributed by atoms with van der Waals surface area (Å²) in [7, 11) is 0. The van der Waals surface area contributed by atoms with Crippen LogP contribution in [0.2, 0.25) is 0 Å². The number of alkyl halides is 3. The number of benzene rings is 1. The zero-order valence-corrected chi connectivity index (χ0v) is 12.1. The molecule has 2 rings (SSSR count). The molecule has 0 spiro atoms. The van der Waals surface area contributed by atoms with Gasteiger partial charge in [-0.05, 0) is 31.5 Å². The number of halogens is 4. The first kappa shape index (κ1) is 15.9. The number of nitrogens with zero attached hydrogens (tertiary/aromatic N) is 1. The second kappa shape index (κ2) is 5.73. The van der Waals surface area contributed by atoms with Gasteiger partial charge in [-0.1, -0.05) is 6.07 Å². The van der Waals surface area contributed by atoms with Gasteiger partial charge in [-0.2, -0.15) is 13.2 Å². The number of aryl methyl sites for hydroxylation is 2. The SMILES string of the molecule is Cc1nc(CC(O)c2ccc(F)cc2C(F)(F)F)sc1C. The van der Waals surface area contributed by atoms with Gasteiger partial charge in [0.2, 0.25) is 0 Å². The molecule has 21 heavy (non-hydrogen) atoms. The number of hydrogen-bond acceptors (Lipinski definition) is 3. The first-order valence-corrected chi connectivity index (χ1v) is 6.97. The number of aliphatic hydroxyl groups excluding tert-OH is 1. The molecule has 0 saturated carbocycles. The van der Waals surface area contributed by atoms with E-state index in [1.807, 2.05) is 6.92 Å². The van der Waals surface area contributed by atoms with Crippen molar-refractivity contribution < 1.29 is 22.7 Å². The summed E-state index contributed by atoms with van der Waals surface area (Å²) in [6, 6.07) is 2.28. The fourth-order valence-electron chi connectivity index (χ4n) is 1.97. The van der Waals surface area contributed by atoms with Crippen molar-refractivity contribution in [3.63, 3.8) is 0 Å². The van der Waals surface area contributed by atoms with Crippen LogP contribution in [0.3, 0.4) is 0 Å². The predicted octanol–water partition coefficient (Wildman–Crippen LogP) is 4.19. The third-order valence-electron chi connectivity index (χ3n) is 3.12. The van der Waals surface area contributed by atoms with Gasteiger partial charge in [0.1, 0.15) is 5.82 Å². The molecule has 0 radical (unpaired) electrons. The van der Waals surface area contributed by atoms with Crippen LogP contribution < -0.4 is 0 Å². The molecular weight excluding hydrogens is 306 g/mol. The number of hydrogen-bond donors (Lipinski definition) is 1. The van der Waals surface area contributed by atoms with Crippen molar-refractivity contribution in [2.24, 2.45) is 0 Å². The molecule has 114 valence electrons. The molecule has 0 amide bonds. The van der Waals surface area contributed by atoms with Crippen molar-refractivity contribution in [1.82, 2.24) is 4.98 Å². The third kappa shape index (κ3) is 3.59. The zero-order valence-electron chi connectivity index (χ0n) is 11.3. The fraction of sp³-hybridized carbons (Fsp3) is 0.357. The lowest BCUT2D eigenvalue weighted by Gasteiger charge is -2.17. The smallest absolute Gasteiger partial charge is 0.388 e. The second-order valence-electron chi connectivity index (χ2n) is 4.70. The van der Waals surface area contributed by atoms with Crippen molar-refractivity contribution in [2.75, 3.05) is 0 Å². The van der Waals surface area contributed by atoms with Crippen molar-refractivity contribution in [2.45, 2.75) is 32.5 Å². The minimum absolute atomic E-state index is 0.0337. The Balaban J connectivity index is 2.32. The normalized spacial score (nSPS) is 13.5. The van der Waals surface area contributed by atoms with Gasteiger partial charge in [0, 0.05) is 11.3 Å². The zero-order chi connectivity index (χ0) is 15.8. The summed E-state index contributed by atoms with van der Waals surface area (Å²) in [5.74, 6) is -0.987. The van der Waals surface area contributed by atoms with Gasteiger partial charge in [-0.15, -0.1) is 11.3 Å². The van der Waals surface area contributed by atoms with Crippen molar-refractivity contribution >= 4 is 11.3 Å². The Labute approximate surface area is 123 Å². The van der Waals surface area contributed by atoms with Crippen LogP contribution in [0.1, 0.15) is 32.8 Å². The lowest BCUT2D eigenvalue weighted by Crippen LogP contribution is -2.14. The molecule has 0 aliphatic heterocycles. The van der Waals surface area contributed by atoms with Crippen LogP contribution in [-0.2, 0) is 12.6 Å². The summed E-state index contributed by atoms with van der Waals surface area (Å²) in [4.78, 5) is 5.14. The van der Waals surface area contributed by atoms with E-state index in [2.05, 4.69) is 4.98 Å². The molecule has 2 nitrogen and oxygen atoms in total. The lowest BCUT2D eigenvalue weighted by molar-refractivity contribution is -0.139. The molecule has 1 atom stereocenters. The van der Waals surface area contributed by atoms with E-state index in [0.717, 1.165) is 22.7 Å². The maximum absolute atomic E-state index is 13.0. The van der Waals surface area contributed by atoms with Crippen LogP contribution >= 0.6 is 11.3 Å². The molecule has 1 N–H and O–H groups in total. The van der Waals surface area contributed by atoms with Gasteiger partial charge in [0.25, 0.3) is 0 Å². The fourth-order valence-corrected chi connectivity index (χ4v) is 2.94. The van der Waals surface area contributed by atoms with Crippen LogP contribution in [0.4, 0.5) is 17.6 Å². The average Bonchev–Trinajstić information content (AvgIpc) is 2.66. The molecular formula is C14H13F4NOS. The standard InChI is InChI=1S/C14H13F4NOS/c1-7-8(2)21-13(19-7)6-12(20)10-4-3-9(15)5-11(10)14(16,17)18/h3-5,12,20H,6H2,1-2H3. The number of aromatic nitrogens is 1. The maximum atomic E-state index is 13.0. The predicted molar refractivity (Wildman–Crippen MR) is 71.7 cm³/mol. The molecule has 0 saturated heterocycles. The number of rotatable bonds is 3. The van der Waals surface area contributed by atoms with Crippen molar-refractivity contribution in [3.8, 4) is 0 Å². The minimum atomic E-state index is -4.72. The summed E-state index contributed by atoms with van der Waals surface area (Å²) >= 11 is 1.33. The summed E-state index contributed by atoms with van der Waals surface area (Å²) in [6.07, 6.45) is -6.13. The van der Waals surface area contributed by atoms with E-state index in [4.69, 9.17) is 0 Å². The summed E-state index contributed by atoms with van der Waals surface area (Å²) in [5, 5.41) is 10.6. The van der Waals surface area contributed by atoms with Gasteiger partial charge in [-0.3, -0.25) is 0 Å². The maximum Gasteiger partial charge on any atom is 0.416 e. The minimum Gasteiger partial charge on any atom is -0.388 e. The van der Waals surface area contributed by atoms with E-state index in [0.29, 0.717) is 11.1 Å². The molecule has 0 bridgehead atoms. The molecule has 1 unspecified atom stereocenters. The summed E-state index contributed by atoms with van der Waals surface area (Å²) in [5.41, 5.74) is -0.702. The van der Waals surface area contributed by atoms with Crippen LogP contribution in [0.25, 0.3) is 0 Å². The molecule has 7 heteroatoms. The topological polar surface area (TPSA) is 33.1 Å². The van der Waals surface area contributed by atoms with E-state index >= 15 is 0 Å². The Morgan fingerprint density at radius 1 is 1.29 bits per heavy atom. The highest BCUT2D eigenvalue weighted by molar-refractivity contribution is 7.11. The molecule has 0 aliphatic carbocycles. The lowest BCUT2D eigenvalue weighted by atomic mass is 10.00.